The Morgan fingerprint density at radius 1 is 1.00 bits per heavy atom. The summed E-state index contributed by atoms with van der Waals surface area (Å²) in [6, 6.07) is 15.5. The second kappa shape index (κ2) is 8.03. The van der Waals surface area contributed by atoms with E-state index < -0.39 is 0 Å². The molecule has 0 unspecified atom stereocenters. The predicted octanol–water partition coefficient (Wildman–Crippen LogP) is 4.39. The molecule has 2 aromatic carbocycles. The largest absolute Gasteiger partial charge is 0.490 e. The van der Waals surface area contributed by atoms with E-state index in [0.717, 1.165) is 42.9 Å². The van der Waals surface area contributed by atoms with Crippen LogP contribution in [-0.2, 0) is 0 Å². The second-order valence-corrected chi connectivity index (χ2v) is 7.88. The van der Waals surface area contributed by atoms with Gasteiger partial charge in [0, 0.05) is 13.0 Å². The average Bonchev–Trinajstić information content (AvgIpc) is 3.14. The van der Waals surface area contributed by atoms with Gasteiger partial charge in [-0.05, 0) is 42.7 Å². The highest BCUT2D eigenvalue weighted by molar-refractivity contribution is 6.33. The highest BCUT2D eigenvalue weighted by atomic mass is 35.5. The van der Waals surface area contributed by atoms with Gasteiger partial charge in [-0.25, -0.2) is 0 Å². The number of ether oxygens (including phenoxy) is 2. The van der Waals surface area contributed by atoms with Gasteiger partial charge >= 0.3 is 0 Å². The number of benzene rings is 2. The molecule has 154 valence electrons. The molecule has 2 aliphatic heterocycles. The van der Waals surface area contributed by atoms with E-state index in [0.29, 0.717) is 24.6 Å². The molecule has 5 rings (SSSR count). The van der Waals surface area contributed by atoms with Crippen LogP contribution in [0, 0.1) is 0 Å². The molecule has 3 aromatic rings. The number of nitrogens with zero attached hydrogens (tertiary/aromatic N) is 3. The number of para-hydroxylation sites is 1. The molecular weight excluding hydrogens is 402 g/mol. The Labute approximate surface area is 179 Å². The van der Waals surface area contributed by atoms with Crippen molar-refractivity contribution in [2.45, 2.75) is 25.3 Å². The fourth-order valence-electron chi connectivity index (χ4n) is 4.17. The number of anilines is 1. The third-order valence-electron chi connectivity index (χ3n) is 5.62. The molecule has 1 saturated heterocycles. The van der Waals surface area contributed by atoms with Gasteiger partial charge in [0.1, 0.15) is 5.02 Å². The molecule has 7 heteroatoms. The van der Waals surface area contributed by atoms with E-state index >= 15 is 0 Å². The van der Waals surface area contributed by atoms with Crippen molar-refractivity contribution in [3.63, 3.8) is 0 Å². The zero-order valence-corrected chi connectivity index (χ0v) is 17.2. The lowest BCUT2D eigenvalue weighted by atomic mass is 10.0. The first-order valence-electron chi connectivity index (χ1n) is 10.2. The Morgan fingerprint density at radius 2 is 1.80 bits per heavy atom. The van der Waals surface area contributed by atoms with Crippen LogP contribution in [0.1, 0.15) is 30.9 Å². The van der Waals surface area contributed by atoms with Crippen molar-refractivity contribution in [1.82, 2.24) is 9.78 Å². The summed E-state index contributed by atoms with van der Waals surface area (Å²) in [5.41, 5.74) is 2.17. The summed E-state index contributed by atoms with van der Waals surface area (Å²) >= 11 is 6.56. The standard InChI is InChI=1S/C23H22ClN3O3/c24-22-19(15-25-27(23(22)28)17-6-2-1-3-7-17)26-11-4-8-18(26)16-9-10-20-21(14-16)30-13-5-12-29-20/h1-3,6-7,9-10,14-15,18H,4-5,8,11-13H2/t18-/m0/s1. The Balaban J connectivity index is 1.49. The van der Waals surface area contributed by atoms with E-state index in [4.69, 9.17) is 21.1 Å². The van der Waals surface area contributed by atoms with Crippen LogP contribution in [0.15, 0.2) is 59.5 Å². The van der Waals surface area contributed by atoms with Crippen LogP contribution in [0.4, 0.5) is 5.69 Å². The minimum absolute atomic E-state index is 0.105. The molecule has 1 atom stereocenters. The van der Waals surface area contributed by atoms with E-state index in [1.54, 1.807) is 6.20 Å². The van der Waals surface area contributed by atoms with Gasteiger partial charge in [-0.2, -0.15) is 9.78 Å². The molecule has 30 heavy (non-hydrogen) atoms. The summed E-state index contributed by atoms with van der Waals surface area (Å²) in [6.07, 6.45) is 4.55. The van der Waals surface area contributed by atoms with Crippen molar-refractivity contribution in [3.05, 3.63) is 75.7 Å². The number of rotatable bonds is 3. The molecular formula is C23H22ClN3O3. The first kappa shape index (κ1) is 19.0. The van der Waals surface area contributed by atoms with Crippen LogP contribution < -0.4 is 19.9 Å². The number of fused-ring (bicyclic) bond motifs is 1. The van der Waals surface area contributed by atoms with Crippen molar-refractivity contribution in [2.75, 3.05) is 24.7 Å². The van der Waals surface area contributed by atoms with E-state index in [9.17, 15) is 4.79 Å². The van der Waals surface area contributed by atoms with Crippen LogP contribution >= 0.6 is 11.6 Å². The highest BCUT2D eigenvalue weighted by Gasteiger charge is 2.30. The molecule has 3 heterocycles. The van der Waals surface area contributed by atoms with Crippen molar-refractivity contribution in [3.8, 4) is 17.2 Å². The SMILES string of the molecule is O=c1c(Cl)c(N2CCC[C@H]2c2ccc3c(c2)OCCCO3)cnn1-c1ccccc1. The molecule has 1 fully saturated rings. The summed E-state index contributed by atoms with van der Waals surface area (Å²) in [4.78, 5) is 15.1. The topological polar surface area (TPSA) is 56.6 Å². The molecule has 2 aliphatic rings. The van der Waals surface area contributed by atoms with Crippen molar-refractivity contribution < 1.29 is 9.47 Å². The van der Waals surface area contributed by atoms with Crippen LogP contribution in [0.3, 0.4) is 0 Å². The van der Waals surface area contributed by atoms with E-state index in [2.05, 4.69) is 22.1 Å². The minimum atomic E-state index is -0.315. The van der Waals surface area contributed by atoms with Gasteiger partial charge in [0.25, 0.3) is 5.56 Å². The number of hydrogen-bond donors (Lipinski definition) is 0. The number of hydrogen-bond acceptors (Lipinski definition) is 5. The third kappa shape index (κ3) is 3.41. The Morgan fingerprint density at radius 3 is 2.63 bits per heavy atom. The maximum Gasteiger partial charge on any atom is 0.292 e. The quantitative estimate of drug-likeness (QED) is 0.625. The van der Waals surface area contributed by atoms with Crippen LogP contribution in [0.25, 0.3) is 5.69 Å². The molecule has 0 saturated carbocycles. The molecule has 0 aliphatic carbocycles. The lowest BCUT2D eigenvalue weighted by Gasteiger charge is -2.28. The smallest absolute Gasteiger partial charge is 0.292 e. The molecule has 6 nitrogen and oxygen atoms in total. The van der Waals surface area contributed by atoms with Crippen molar-refractivity contribution in [1.29, 1.82) is 0 Å². The van der Waals surface area contributed by atoms with Crippen LogP contribution in [0.2, 0.25) is 5.02 Å². The molecule has 0 spiro atoms. The van der Waals surface area contributed by atoms with Gasteiger partial charge in [0.05, 0.1) is 36.8 Å². The van der Waals surface area contributed by atoms with Gasteiger partial charge in [-0.1, -0.05) is 35.9 Å². The van der Waals surface area contributed by atoms with Crippen LogP contribution in [0.5, 0.6) is 11.5 Å². The Kier molecular flexibility index (Phi) is 5.09. The fourth-order valence-corrected chi connectivity index (χ4v) is 4.40. The summed E-state index contributed by atoms with van der Waals surface area (Å²) in [6.45, 7) is 2.13. The molecule has 1 aromatic heterocycles. The number of halogens is 1. The second-order valence-electron chi connectivity index (χ2n) is 7.50. The molecule has 0 bridgehead atoms. The Hall–Kier alpha value is -2.99. The van der Waals surface area contributed by atoms with Gasteiger partial charge < -0.3 is 14.4 Å². The summed E-state index contributed by atoms with van der Waals surface area (Å²) < 4.78 is 13.0. The average molecular weight is 424 g/mol. The lowest BCUT2D eigenvalue weighted by Crippen LogP contribution is -2.28. The minimum Gasteiger partial charge on any atom is -0.490 e. The van der Waals surface area contributed by atoms with Gasteiger partial charge in [-0.15, -0.1) is 0 Å². The number of aromatic nitrogens is 2. The fraction of sp³-hybridized carbons (Fsp3) is 0.304. The zero-order valence-electron chi connectivity index (χ0n) is 16.5. The van der Waals surface area contributed by atoms with Gasteiger partial charge in [0.2, 0.25) is 0 Å². The predicted molar refractivity (Wildman–Crippen MR) is 116 cm³/mol. The van der Waals surface area contributed by atoms with Crippen molar-refractivity contribution in [2.24, 2.45) is 0 Å². The normalized spacial score (nSPS) is 18.3. The first-order chi connectivity index (χ1) is 14.7. The van der Waals surface area contributed by atoms with E-state index in [1.807, 2.05) is 36.4 Å². The highest BCUT2D eigenvalue weighted by Crippen LogP contribution is 2.41. The maximum absolute atomic E-state index is 12.9. The monoisotopic (exact) mass is 423 g/mol. The zero-order chi connectivity index (χ0) is 20.5. The van der Waals surface area contributed by atoms with Crippen LogP contribution in [-0.4, -0.2) is 29.5 Å². The third-order valence-corrected chi connectivity index (χ3v) is 5.98. The molecule has 0 radical (unpaired) electrons. The van der Waals surface area contributed by atoms with E-state index in [1.165, 1.54) is 4.68 Å². The summed E-state index contributed by atoms with van der Waals surface area (Å²) in [5.74, 6) is 1.56. The molecule has 0 N–H and O–H groups in total. The Bertz CT molecular complexity index is 1120. The van der Waals surface area contributed by atoms with E-state index in [-0.39, 0.29) is 16.6 Å². The van der Waals surface area contributed by atoms with Gasteiger partial charge in [-0.3, -0.25) is 4.79 Å². The van der Waals surface area contributed by atoms with Gasteiger partial charge in [0.15, 0.2) is 11.5 Å². The maximum atomic E-state index is 12.9. The summed E-state index contributed by atoms with van der Waals surface area (Å²) in [7, 11) is 0. The molecule has 0 amide bonds. The van der Waals surface area contributed by atoms with Crippen molar-refractivity contribution >= 4 is 17.3 Å². The lowest BCUT2D eigenvalue weighted by molar-refractivity contribution is 0.297. The first-order valence-corrected chi connectivity index (χ1v) is 10.6. The summed E-state index contributed by atoms with van der Waals surface area (Å²) in [5, 5.41) is 4.59.